The first-order valence-electron chi connectivity index (χ1n) is 9.48. The Bertz CT molecular complexity index is 1010. The zero-order valence-corrected chi connectivity index (χ0v) is 15.8. The number of rotatable bonds is 3. The highest BCUT2D eigenvalue weighted by atomic mass is 16.2. The molecule has 1 saturated heterocycles. The number of piperidine rings is 1. The minimum atomic E-state index is -0.0828. The summed E-state index contributed by atoms with van der Waals surface area (Å²) in [5.41, 5.74) is 2.95. The Labute approximate surface area is 163 Å². The van der Waals surface area contributed by atoms with Crippen molar-refractivity contribution < 1.29 is 9.59 Å². The lowest BCUT2D eigenvalue weighted by molar-refractivity contribution is 0.0698. The third kappa shape index (κ3) is 3.71. The molecule has 0 aliphatic carbocycles. The van der Waals surface area contributed by atoms with Gasteiger partial charge >= 0.3 is 0 Å². The van der Waals surface area contributed by atoms with Gasteiger partial charge in [-0.05, 0) is 44.0 Å². The highest BCUT2D eigenvalue weighted by Gasteiger charge is 2.25. The number of aromatic nitrogens is 2. The number of aryl methyl sites for hydroxylation is 1. The summed E-state index contributed by atoms with van der Waals surface area (Å²) >= 11 is 0. The SMILES string of the molecule is Cc1cc(C(=O)NC2CCN(C(=O)c3ccncc3)CC2)c2ccccc2n1. The Balaban J connectivity index is 1.42. The molecule has 0 saturated carbocycles. The van der Waals surface area contributed by atoms with E-state index >= 15 is 0 Å². The van der Waals surface area contributed by atoms with Gasteiger partial charge in [-0.3, -0.25) is 19.6 Å². The van der Waals surface area contributed by atoms with Crippen LogP contribution in [-0.2, 0) is 0 Å². The minimum Gasteiger partial charge on any atom is -0.349 e. The van der Waals surface area contributed by atoms with E-state index in [1.54, 1.807) is 24.5 Å². The van der Waals surface area contributed by atoms with Crippen LogP contribution in [0.2, 0.25) is 0 Å². The molecule has 2 aromatic heterocycles. The highest BCUT2D eigenvalue weighted by Crippen LogP contribution is 2.20. The lowest BCUT2D eigenvalue weighted by atomic mass is 10.0. The van der Waals surface area contributed by atoms with Crippen LogP contribution in [0.15, 0.2) is 54.9 Å². The lowest BCUT2D eigenvalue weighted by Crippen LogP contribution is -2.46. The Morgan fingerprint density at radius 1 is 1.07 bits per heavy atom. The van der Waals surface area contributed by atoms with Gasteiger partial charge in [-0.1, -0.05) is 18.2 Å². The van der Waals surface area contributed by atoms with E-state index in [0.717, 1.165) is 29.4 Å². The van der Waals surface area contributed by atoms with Gasteiger partial charge in [-0.2, -0.15) is 0 Å². The van der Waals surface area contributed by atoms with Crippen LogP contribution in [0.3, 0.4) is 0 Å². The van der Waals surface area contributed by atoms with Crippen molar-refractivity contribution in [1.82, 2.24) is 20.2 Å². The highest BCUT2D eigenvalue weighted by molar-refractivity contribution is 6.06. The molecular formula is C22H22N4O2. The molecule has 0 unspecified atom stereocenters. The molecule has 6 heteroatoms. The van der Waals surface area contributed by atoms with E-state index in [1.165, 1.54) is 0 Å². The smallest absolute Gasteiger partial charge is 0.253 e. The quantitative estimate of drug-likeness (QED) is 0.765. The number of carbonyl (C=O) groups excluding carboxylic acids is 2. The number of nitrogens with one attached hydrogen (secondary N) is 1. The first kappa shape index (κ1) is 18.1. The standard InChI is InChI=1S/C22H22N4O2/c1-15-14-19(18-4-2-3-5-20(18)24-15)21(27)25-17-8-12-26(13-9-17)22(28)16-6-10-23-11-7-16/h2-7,10-11,14,17H,8-9,12-13H2,1H3,(H,25,27). The number of fused-ring (bicyclic) bond motifs is 1. The maximum absolute atomic E-state index is 12.9. The van der Waals surface area contributed by atoms with Crippen molar-refractivity contribution in [3.63, 3.8) is 0 Å². The number of nitrogens with zero attached hydrogens (tertiary/aromatic N) is 3. The van der Waals surface area contributed by atoms with Gasteiger partial charge in [0.15, 0.2) is 0 Å². The van der Waals surface area contributed by atoms with Crippen molar-refractivity contribution in [3.8, 4) is 0 Å². The molecule has 2 amide bonds. The van der Waals surface area contributed by atoms with E-state index in [0.29, 0.717) is 24.2 Å². The fourth-order valence-corrected chi connectivity index (χ4v) is 3.66. The predicted octanol–water partition coefficient (Wildman–Crippen LogP) is 2.97. The van der Waals surface area contributed by atoms with Crippen LogP contribution < -0.4 is 5.32 Å². The molecule has 1 aliphatic rings. The van der Waals surface area contributed by atoms with Gasteiger partial charge in [0, 0.05) is 48.2 Å². The van der Waals surface area contributed by atoms with Crippen LogP contribution in [0.1, 0.15) is 39.3 Å². The maximum Gasteiger partial charge on any atom is 0.253 e. The molecule has 0 spiro atoms. The van der Waals surface area contributed by atoms with Gasteiger partial charge in [0.1, 0.15) is 0 Å². The van der Waals surface area contributed by atoms with Crippen molar-refractivity contribution >= 4 is 22.7 Å². The van der Waals surface area contributed by atoms with Crippen molar-refractivity contribution in [1.29, 1.82) is 0 Å². The van der Waals surface area contributed by atoms with Crippen LogP contribution in [0.5, 0.6) is 0 Å². The normalized spacial score (nSPS) is 14.8. The van der Waals surface area contributed by atoms with E-state index in [1.807, 2.05) is 42.2 Å². The van der Waals surface area contributed by atoms with E-state index < -0.39 is 0 Å². The molecule has 0 bridgehead atoms. The van der Waals surface area contributed by atoms with Gasteiger partial charge in [0.05, 0.1) is 11.1 Å². The number of pyridine rings is 2. The third-order valence-electron chi connectivity index (χ3n) is 5.13. The number of amides is 2. The summed E-state index contributed by atoms with van der Waals surface area (Å²) in [5, 5.41) is 4.00. The number of benzene rings is 1. The molecule has 0 radical (unpaired) electrons. The van der Waals surface area contributed by atoms with Crippen LogP contribution in [0.25, 0.3) is 10.9 Å². The predicted molar refractivity (Wildman–Crippen MR) is 107 cm³/mol. The average Bonchev–Trinajstić information content (AvgIpc) is 2.73. The van der Waals surface area contributed by atoms with Crippen LogP contribution in [0.4, 0.5) is 0 Å². The van der Waals surface area contributed by atoms with Gasteiger partial charge in [-0.15, -0.1) is 0 Å². The van der Waals surface area contributed by atoms with Gasteiger partial charge in [0.25, 0.3) is 11.8 Å². The molecule has 3 aromatic rings. The minimum absolute atomic E-state index is 0.0166. The van der Waals surface area contributed by atoms with Crippen molar-refractivity contribution in [2.75, 3.05) is 13.1 Å². The average molecular weight is 374 g/mol. The molecule has 0 atom stereocenters. The van der Waals surface area contributed by atoms with Gasteiger partial charge in [0.2, 0.25) is 0 Å². The summed E-state index contributed by atoms with van der Waals surface area (Å²) in [6, 6.07) is 13.0. The molecule has 1 N–H and O–H groups in total. The second-order valence-corrected chi connectivity index (χ2v) is 7.10. The molecule has 3 heterocycles. The van der Waals surface area contributed by atoms with Crippen molar-refractivity contribution in [3.05, 3.63) is 71.7 Å². The number of para-hydroxylation sites is 1. The second kappa shape index (κ2) is 7.76. The zero-order chi connectivity index (χ0) is 19.5. The molecule has 4 rings (SSSR count). The zero-order valence-electron chi connectivity index (χ0n) is 15.8. The Morgan fingerprint density at radius 3 is 2.54 bits per heavy atom. The Kier molecular flexibility index (Phi) is 5.02. The molecule has 1 fully saturated rings. The summed E-state index contributed by atoms with van der Waals surface area (Å²) in [5.74, 6) is -0.0662. The van der Waals surface area contributed by atoms with E-state index in [-0.39, 0.29) is 17.9 Å². The number of likely N-dealkylation sites (tertiary alicyclic amines) is 1. The maximum atomic E-state index is 12.9. The first-order valence-corrected chi connectivity index (χ1v) is 9.48. The fourth-order valence-electron chi connectivity index (χ4n) is 3.66. The molecular weight excluding hydrogens is 352 g/mol. The van der Waals surface area contributed by atoms with Gasteiger partial charge in [-0.25, -0.2) is 0 Å². The molecule has 142 valence electrons. The van der Waals surface area contributed by atoms with Crippen molar-refractivity contribution in [2.24, 2.45) is 0 Å². The molecule has 1 aromatic carbocycles. The van der Waals surface area contributed by atoms with E-state index in [4.69, 9.17) is 0 Å². The Morgan fingerprint density at radius 2 is 1.79 bits per heavy atom. The van der Waals surface area contributed by atoms with E-state index in [2.05, 4.69) is 15.3 Å². The summed E-state index contributed by atoms with van der Waals surface area (Å²) in [6.45, 7) is 3.15. The summed E-state index contributed by atoms with van der Waals surface area (Å²) in [7, 11) is 0. The number of carbonyl (C=O) groups is 2. The molecule has 1 aliphatic heterocycles. The summed E-state index contributed by atoms with van der Waals surface area (Å²) in [4.78, 5) is 35.7. The van der Waals surface area contributed by atoms with Crippen molar-refractivity contribution in [2.45, 2.75) is 25.8 Å². The largest absolute Gasteiger partial charge is 0.349 e. The Hall–Kier alpha value is -3.28. The number of hydrogen-bond donors (Lipinski definition) is 1. The lowest BCUT2D eigenvalue weighted by Gasteiger charge is -2.32. The monoisotopic (exact) mass is 374 g/mol. The van der Waals surface area contributed by atoms with Gasteiger partial charge < -0.3 is 10.2 Å². The molecule has 6 nitrogen and oxygen atoms in total. The second-order valence-electron chi connectivity index (χ2n) is 7.10. The third-order valence-corrected chi connectivity index (χ3v) is 5.13. The van der Waals surface area contributed by atoms with E-state index in [9.17, 15) is 9.59 Å². The summed E-state index contributed by atoms with van der Waals surface area (Å²) in [6.07, 6.45) is 4.73. The van der Waals surface area contributed by atoms with Crippen LogP contribution >= 0.6 is 0 Å². The number of hydrogen-bond acceptors (Lipinski definition) is 4. The topological polar surface area (TPSA) is 75.2 Å². The first-order chi connectivity index (χ1) is 13.6. The fraction of sp³-hybridized carbons (Fsp3) is 0.273. The van der Waals surface area contributed by atoms with Crippen LogP contribution in [-0.4, -0.2) is 45.8 Å². The van der Waals surface area contributed by atoms with Crippen LogP contribution in [0, 0.1) is 6.92 Å². The molecule has 28 heavy (non-hydrogen) atoms. The summed E-state index contributed by atoms with van der Waals surface area (Å²) < 4.78 is 0.